The molecule has 0 radical (unpaired) electrons. The van der Waals surface area contributed by atoms with Crippen LogP contribution in [0, 0.1) is 6.92 Å². The van der Waals surface area contributed by atoms with Crippen LogP contribution >= 0.6 is 15.9 Å². The van der Waals surface area contributed by atoms with E-state index in [4.69, 9.17) is 23.4 Å². The zero-order chi connectivity index (χ0) is 44.9. The Labute approximate surface area is 383 Å². The molecule has 2 heterocycles. The minimum absolute atomic E-state index is 0. The van der Waals surface area contributed by atoms with Crippen molar-refractivity contribution in [2.75, 3.05) is 62.2 Å². The molecule has 2 aromatic carbocycles. The number of rotatable bonds is 10. The van der Waals surface area contributed by atoms with Gasteiger partial charge in [0, 0.05) is 86.5 Å². The van der Waals surface area contributed by atoms with Gasteiger partial charge in [0.2, 0.25) is 0 Å². The van der Waals surface area contributed by atoms with Crippen molar-refractivity contribution in [3.63, 3.8) is 0 Å². The predicted octanol–water partition coefficient (Wildman–Crippen LogP) is 4.80. The molecule has 0 spiro atoms. The van der Waals surface area contributed by atoms with E-state index < -0.39 is 25.6 Å². The number of hydrogen-bond acceptors (Lipinski definition) is 11. The number of amides is 2. The van der Waals surface area contributed by atoms with Crippen LogP contribution in [0.15, 0.2) is 53.0 Å². The number of carbonyl (C=O) groups excluding carboxylic acids is 2. The molecule has 2 fully saturated rings. The van der Waals surface area contributed by atoms with Gasteiger partial charge in [-0.05, 0) is 119 Å². The molecule has 2 aliphatic rings. The van der Waals surface area contributed by atoms with Crippen LogP contribution in [0.3, 0.4) is 0 Å². The first-order chi connectivity index (χ1) is 27.4. The van der Waals surface area contributed by atoms with Crippen molar-refractivity contribution in [3.05, 3.63) is 59.9 Å². The quantitative estimate of drug-likeness (QED) is 0.252. The molecular formula is C43H74B2BrLiN4O9. The fraction of sp³-hybridized carbons (Fsp3) is 0.651. The monoisotopic (exact) mass is 898 g/mol. The molecule has 2 aromatic rings. The Balaban J connectivity index is 0.000000849. The van der Waals surface area contributed by atoms with Crippen LogP contribution in [-0.4, -0.2) is 128 Å². The van der Waals surface area contributed by atoms with Crippen LogP contribution in [0.25, 0.3) is 0 Å². The standard InChI is InChI=1S/C15H23BN2O4.C15H21BrN2O2.C9H21BO3.C4H9.Li/c1-15(2,3)22-14(19)18-9-7-17(8-10-18)13-6-4-5-12(11-13)16(20)21;1-15(2,3)20-14(19)18-9-7-17(8-10-18)13-6-4-5-12(16)11-13;1-7(2)11-10(12-8(3)4)13-9(5)6;1-3-4-2;/h4-6,11,20-21H,7-10H2,1-3H3;4-6,11H,7-10H2,1-3H3;7-9H,1-6H3;1,3-4H2,2H3;/q;;;-1;+1. The van der Waals surface area contributed by atoms with E-state index in [0.29, 0.717) is 44.7 Å². The summed E-state index contributed by atoms with van der Waals surface area (Å²) in [6.07, 6.45) is 2.12. The maximum atomic E-state index is 12.0. The van der Waals surface area contributed by atoms with Crippen molar-refractivity contribution in [1.29, 1.82) is 0 Å². The van der Waals surface area contributed by atoms with E-state index >= 15 is 0 Å². The molecule has 2 N–H and O–H groups in total. The van der Waals surface area contributed by atoms with Gasteiger partial charge in [0.1, 0.15) is 11.2 Å². The van der Waals surface area contributed by atoms with E-state index in [1.165, 1.54) is 12.1 Å². The van der Waals surface area contributed by atoms with Gasteiger partial charge in [-0.15, -0.1) is 0 Å². The second-order valence-corrected chi connectivity index (χ2v) is 18.0. The van der Waals surface area contributed by atoms with Gasteiger partial charge < -0.3 is 60.0 Å². The number of piperazine rings is 2. The smallest absolute Gasteiger partial charge is 0.444 e. The van der Waals surface area contributed by atoms with Gasteiger partial charge in [-0.3, -0.25) is 0 Å². The summed E-state index contributed by atoms with van der Waals surface area (Å²) in [5, 5.41) is 18.5. The molecule has 0 unspecified atom stereocenters. The summed E-state index contributed by atoms with van der Waals surface area (Å²) in [7, 11) is -2.01. The van der Waals surface area contributed by atoms with Crippen LogP contribution in [0.5, 0.6) is 0 Å². The number of ether oxygens (including phenoxy) is 2. The van der Waals surface area contributed by atoms with Crippen LogP contribution < -0.4 is 34.1 Å². The molecule has 0 atom stereocenters. The predicted molar refractivity (Wildman–Crippen MR) is 245 cm³/mol. The van der Waals surface area contributed by atoms with Gasteiger partial charge in [-0.2, -0.15) is 6.42 Å². The van der Waals surface area contributed by atoms with E-state index in [1.54, 1.807) is 28.0 Å². The Hall–Kier alpha value is -2.41. The van der Waals surface area contributed by atoms with E-state index in [1.807, 2.05) is 101 Å². The molecule has 0 aliphatic carbocycles. The summed E-state index contributed by atoms with van der Waals surface area (Å²) in [5.74, 6) is 0. The third kappa shape index (κ3) is 25.5. The Kier molecular flexibility index (Phi) is 27.9. The summed E-state index contributed by atoms with van der Waals surface area (Å²) in [6.45, 7) is 34.3. The molecule has 2 saturated heterocycles. The van der Waals surface area contributed by atoms with Gasteiger partial charge in [-0.1, -0.05) is 47.5 Å². The number of benzene rings is 2. The summed E-state index contributed by atoms with van der Waals surface area (Å²) in [5.41, 5.74) is 1.66. The summed E-state index contributed by atoms with van der Waals surface area (Å²) in [4.78, 5) is 31.9. The average Bonchev–Trinajstić information content (AvgIpc) is 3.13. The van der Waals surface area contributed by atoms with Gasteiger partial charge in [-0.25, -0.2) is 9.59 Å². The first kappa shape index (κ1) is 57.6. The first-order valence-corrected chi connectivity index (χ1v) is 21.7. The van der Waals surface area contributed by atoms with E-state index in [2.05, 4.69) is 51.7 Å². The molecule has 0 saturated carbocycles. The fourth-order valence-corrected chi connectivity index (χ4v) is 5.65. The van der Waals surface area contributed by atoms with E-state index in [9.17, 15) is 19.6 Å². The third-order valence-electron chi connectivity index (χ3n) is 8.07. The molecular weight excluding hydrogens is 825 g/mol. The average molecular weight is 900 g/mol. The van der Waals surface area contributed by atoms with E-state index in [0.717, 1.165) is 29.7 Å². The number of hydrogen-bond donors (Lipinski definition) is 2. The molecule has 17 heteroatoms. The number of anilines is 2. The topological polar surface area (TPSA) is 134 Å². The van der Waals surface area contributed by atoms with Gasteiger partial charge in [0.25, 0.3) is 0 Å². The Morgan fingerprint density at radius 1 is 0.683 bits per heavy atom. The molecule has 0 bridgehead atoms. The van der Waals surface area contributed by atoms with Gasteiger partial charge in [0.05, 0.1) is 0 Å². The number of unbranched alkanes of at least 4 members (excludes halogenated alkanes) is 1. The maximum absolute atomic E-state index is 12.0. The molecule has 2 amide bonds. The van der Waals surface area contributed by atoms with Crippen molar-refractivity contribution >= 4 is 59.4 Å². The zero-order valence-corrected chi connectivity index (χ0v) is 40.8. The summed E-state index contributed by atoms with van der Waals surface area (Å²) < 4.78 is 28.1. The number of halogens is 1. The van der Waals surface area contributed by atoms with Crippen LogP contribution in [0.2, 0.25) is 0 Å². The summed E-state index contributed by atoms with van der Waals surface area (Å²) in [6, 6.07) is 15.4. The van der Waals surface area contributed by atoms with Crippen LogP contribution in [0.4, 0.5) is 21.0 Å². The van der Waals surface area contributed by atoms with Crippen molar-refractivity contribution in [3.8, 4) is 0 Å². The zero-order valence-electron chi connectivity index (χ0n) is 39.2. The molecule has 334 valence electrons. The van der Waals surface area contributed by atoms with Gasteiger partial charge in [0.15, 0.2) is 0 Å². The largest absolute Gasteiger partial charge is 1.00 e. The van der Waals surface area contributed by atoms with E-state index in [-0.39, 0.29) is 49.4 Å². The third-order valence-corrected chi connectivity index (χ3v) is 8.57. The second-order valence-electron chi connectivity index (χ2n) is 17.1. The maximum Gasteiger partial charge on any atom is 1.00 e. The Bertz CT molecular complexity index is 1460. The van der Waals surface area contributed by atoms with Crippen molar-refractivity contribution in [2.45, 2.75) is 132 Å². The normalized spacial score (nSPS) is 14.2. The SMILES string of the molecule is CC(C)(C)OC(=O)N1CCN(c2cccc(B(O)O)c2)CC1.CC(C)(C)OC(=O)N1CCN(c2cccc(Br)c2)CC1.CC(C)OB(OC(C)C)OC(C)C.[CH2-]CCC.[Li+]. The number of nitrogens with zero attached hydrogens (tertiary/aromatic N) is 4. The summed E-state index contributed by atoms with van der Waals surface area (Å²) >= 11 is 3.49. The molecule has 60 heavy (non-hydrogen) atoms. The molecule has 4 rings (SSSR count). The Morgan fingerprint density at radius 2 is 1.03 bits per heavy atom. The van der Waals surface area contributed by atoms with Crippen molar-refractivity contribution in [2.24, 2.45) is 0 Å². The molecule has 0 aromatic heterocycles. The molecule has 13 nitrogen and oxygen atoms in total. The van der Waals surface area contributed by atoms with Gasteiger partial charge >= 0.3 is 45.5 Å². The fourth-order valence-electron chi connectivity index (χ4n) is 5.27. The van der Waals surface area contributed by atoms with Crippen LogP contribution in [0.1, 0.15) is 103 Å². The minimum atomic E-state index is -1.47. The minimum Gasteiger partial charge on any atom is -0.444 e. The van der Waals surface area contributed by atoms with Crippen LogP contribution in [-0.2, 0) is 23.4 Å². The van der Waals surface area contributed by atoms with Crippen molar-refractivity contribution < 1.29 is 61.9 Å². The number of carbonyl (C=O) groups is 2. The Morgan fingerprint density at radius 3 is 1.33 bits per heavy atom. The first-order valence-electron chi connectivity index (χ1n) is 20.9. The van der Waals surface area contributed by atoms with Crippen molar-refractivity contribution in [1.82, 2.24) is 9.80 Å². The second kappa shape index (κ2) is 29.0. The molecule has 2 aliphatic heterocycles.